The second kappa shape index (κ2) is 4.92. The molecule has 1 aromatic rings. The predicted octanol–water partition coefficient (Wildman–Crippen LogP) is 2.82. The molecule has 1 heterocycles. The van der Waals surface area contributed by atoms with Crippen molar-refractivity contribution in [2.24, 2.45) is 5.92 Å². The summed E-state index contributed by atoms with van der Waals surface area (Å²) < 4.78 is 0. The summed E-state index contributed by atoms with van der Waals surface area (Å²) in [7, 11) is 1.77. The van der Waals surface area contributed by atoms with Crippen molar-refractivity contribution in [2.75, 3.05) is 11.9 Å². The summed E-state index contributed by atoms with van der Waals surface area (Å²) in [6.07, 6.45) is 1.91. The number of Topliss-reactive ketones (excluding diaryl/α,β-unsaturated/α-hetero) is 1. The summed E-state index contributed by atoms with van der Waals surface area (Å²) in [5, 5.41) is 0. The lowest BCUT2D eigenvalue weighted by molar-refractivity contribution is -0.117. The number of nitrogens with zero attached hydrogens (tertiary/aromatic N) is 1. The van der Waals surface area contributed by atoms with Crippen LogP contribution in [-0.2, 0) is 11.2 Å². The predicted molar refractivity (Wildman–Crippen MR) is 72.0 cm³/mol. The average Bonchev–Trinajstić information content (AvgIpc) is 2.61. The second-order valence-corrected chi connectivity index (χ2v) is 5.33. The first-order valence-corrected chi connectivity index (χ1v) is 6.41. The molecular weight excluding hydrogens is 226 g/mol. The van der Waals surface area contributed by atoms with Gasteiger partial charge in [-0.1, -0.05) is 13.8 Å². The molecule has 96 valence electrons. The topological polar surface area (TPSA) is 37.4 Å². The Balaban J connectivity index is 2.15. The molecule has 0 atom stereocenters. The molecule has 0 N–H and O–H groups in total. The van der Waals surface area contributed by atoms with E-state index in [1.54, 1.807) is 11.9 Å². The van der Waals surface area contributed by atoms with Crippen LogP contribution in [0, 0.1) is 5.92 Å². The Kier molecular flexibility index (Phi) is 3.50. The molecule has 18 heavy (non-hydrogen) atoms. The van der Waals surface area contributed by atoms with Crippen molar-refractivity contribution in [1.82, 2.24) is 0 Å². The van der Waals surface area contributed by atoms with Gasteiger partial charge in [0.25, 0.3) is 0 Å². The number of rotatable bonds is 4. The largest absolute Gasteiger partial charge is 0.315 e. The van der Waals surface area contributed by atoms with E-state index < -0.39 is 0 Å². The van der Waals surface area contributed by atoms with Crippen LogP contribution in [0.5, 0.6) is 0 Å². The summed E-state index contributed by atoms with van der Waals surface area (Å²) in [4.78, 5) is 25.2. The average molecular weight is 245 g/mol. The molecule has 1 aromatic carbocycles. The maximum absolute atomic E-state index is 12.0. The molecular formula is C15H19NO2. The molecule has 3 nitrogen and oxygen atoms in total. The number of benzene rings is 1. The highest BCUT2D eigenvalue weighted by Gasteiger charge is 2.24. The van der Waals surface area contributed by atoms with E-state index >= 15 is 0 Å². The summed E-state index contributed by atoms with van der Waals surface area (Å²) >= 11 is 0. The van der Waals surface area contributed by atoms with E-state index in [1.807, 2.05) is 18.2 Å². The van der Waals surface area contributed by atoms with Gasteiger partial charge in [-0.25, -0.2) is 0 Å². The molecule has 0 spiro atoms. The van der Waals surface area contributed by atoms with Crippen molar-refractivity contribution in [3.8, 4) is 0 Å². The molecule has 1 amide bonds. The molecule has 3 heteroatoms. The second-order valence-electron chi connectivity index (χ2n) is 5.33. The van der Waals surface area contributed by atoms with E-state index in [2.05, 4.69) is 13.8 Å². The number of amides is 1. The third-order valence-electron chi connectivity index (χ3n) is 3.43. The molecule has 1 aliphatic rings. The van der Waals surface area contributed by atoms with Gasteiger partial charge < -0.3 is 4.90 Å². The van der Waals surface area contributed by atoms with Gasteiger partial charge >= 0.3 is 0 Å². The molecule has 0 aliphatic carbocycles. The standard InChI is InChI=1S/C15H19NO2/c1-10(2)4-7-14(17)11-5-6-13-12(8-11)9-15(18)16(13)3/h5-6,8,10H,4,7,9H2,1-3H3. The quantitative estimate of drug-likeness (QED) is 0.765. The highest BCUT2D eigenvalue weighted by atomic mass is 16.2. The molecule has 0 saturated carbocycles. The van der Waals surface area contributed by atoms with Crippen molar-refractivity contribution >= 4 is 17.4 Å². The van der Waals surface area contributed by atoms with Gasteiger partial charge in [0.1, 0.15) is 0 Å². The summed E-state index contributed by atoms with van der Waals surface area (Å²) in [5.74, 6) is 0.807. The first-order chi connectivity index (χ1) is 8.49. The fourth-order valence-electron chi connectivity index (χ4n) is 2.21. The Hall–Kier alpha value is -1.64. The number of ketones is 1. The van der Waals surface area contributed by atoms with Gasteiger partial charge in [0.15, 0.2) is 5.78 Å². The zero-order valence-corrected chi connectivity index (χ0v) is 11.2. The fraction of sp³-hybridized carbons (Fsp3) is 0.467. The van der Waals surface area contributed by atoms with Crippen molar-refractivity contribution in [3.63, 3.8) is 0 Å². The monoisotopic (exact) mass is 245 g/mol. The minimum Gasteiger partial charge on any atom is -0.315 e. The van der Waals surface area contributed by atoms with E-state index in [0.717, 1.165) is 23.2 Å². The van der Waals surface area contributed by atoms with E-state index in [0.29, 0.717) is 18.8 Å². The first-order valence-electron chi connectivity index (χ1n) is 6.41. The van der Waals surface area contributed by atoms with Crippen LogP contribution in [0.15, 0.2) is 18.2 Å². The van der Waals surface area contributed by atoms with E-state index in [9.17, 15) is 9.59 Å². The van der Waals surface area contributed by atoms with Gasteiger partial charge in [0.2, 0.25) is 5.91 Å². The minimum absolute atomic E-state index is 0.0942. The van der Waals surface area contributed by atoms with Crippen LogP contribution in [-0.4, -0.2) is 18.7 Å². The minimum atomic E-state index is 0.0942. The third kappa shape index (κ3) is 2.45. The van der Waals surface area contributed by atoms with Crippen molar-refractivity contribution in [3.05, 3.63) is 29.3 Å². The molecule has 0 radical (unpaired) electrons. The van der Waals surface area contributed by atoms with E-state index in [1.165, 1.54) is 0 Å². The first kappa shape index (κ1) is 12.8. The van der Waals surface area contributed by atoms with Crippen LogP contribution in [0.25, 0.3) is 0 Å². The molecule has 0 saturated heterocycles. The van der Waals surface area contributed by atoms with Crippen molar-refractivity contribution in [1.29, 1.82) is 0 Å². The van der Waals surface area contributed by atoms with Gasteiger partial charge in [-0.05, 0) is 36.1 Å². The van der Waals surface area contributed by atoms with Crippen LogP contribution in [0.1, 0.15) is 42.6 Å². The van der Waals surface area contributed by atoms with Gasteiger partial charge in [-0.2, -0.15) is 0 Å². The van der Waals surface area contributed by atoms with Gasteiger partial charge in [-0.15, -0.1) is 0 Å². The number of hydrogen-bond donors (Lipinski definition) is 0. The van der Waals surface area contributed by atoms with E-state index in [4.69, 9.17) is 0 Å². The highest BCUT2D eigenvalue weighted by Crippen LogP contribution is 2.28. The number of anilines is 1. The number of carbonyl (C=O) groups is 2. The SMILES string of the molecule is CC(C)CCC(=O)c1ccc2c(c1)CC(=O)N2C. The molecule has 1 aliphatic heterocycles. The van der Waals surface area contributed by atoms with Crippen LogP contribution < -0.4 is 4.90 Å². The summed E-state index contributed by atoms with van der Waals surface area (Å²) in [6, 6.07) is 5.58. The van der Waals surface area contributed by atoms with Crippen molar-refractivity contribution < 1.29 is 9.59 Å². The normalized spacial score (nSPS) is 14.2. The van der Waals surface area contributed by atoms with Crippen LogP contribution in [0.3, 0.4) is 0 Å². The van der Waals surface area contributed by atoms with Gasteiger partial charge in [0.05, 0.1) is 6.42 Å². The zero-order chi connectivity index (χ0) is 13.3. The van der Waals surface area contributed by atoms with Crippen LogP contribution in [0.2, 0.25) is 0 Å². The maximum atomic E-state index is 12.0. The summed E-state index contributed by atoms with van der Waals surface area (Å²) in [5.41, 5.74) is 2.64. The van der Waals surface area contributed by atoms with Crippen molar-refractivity contribution in [2.45, 2.75) is 33.1 Å². The molecule has 2 rings (SSSR count). The Bertz CT molecular complexity index is 491. The van der Waals surface area contributed by atoms with Gasteiger partial charge in [0, 0.05) is 24.7 Å². The number of fused-ring (bicyclic) bond motifs is 1. The number of likely N-dealkylation sites (N-methyl/N-ethyl adjacent to an activating group) is 1. The third-order valence-corrected chi connectivity index (χ3v) is 3.43. The Morgan fingerprint density at radius 3 is 2.78 bits per heavy atom. The summed E-state index contributed by atoms with van der Waals surface area (Å²) in [6.45, 7) is 4.23. The molecule has 0 fully saturated rings. The van der Waals surface area contributed by atoms with Crippen LogP contribution >= 0.6 is 0 Å². The number of carbonyl (C=O) groups excluding carboxylic acids is 2. The fourth-order valence-corrected chi connectivity index (χ4v) is 2.21. The smallest absolute Gasteiger partial charge is 0.231 e. The zero-order valence-electron chi connectivity index (χ0n) is 11.2. The molecule has 0 aromatic heterocycles. The molecule has 0 unspecified atom stereocenters. The Labute approximate surface area is 108 Å². The van der Waals surface area contributed by atoms with Gasteiger partial charge in [-0.3, -0.25) is 9.59 Å². The maximum Gasteiger partial charge on any atom is 0.231 e. The van der Waals surface area contributed by atoms with Crippen LogP contribution in [0.4, 0.5) is 5.69 Å². The lowest BCUT2D eigenvalue weighted by Crippen LogP contribution is -2.20. The lowest BCUT2D eigenvalue weighted by Gasteiger charge is -2.10. The highest BCUT2D eigenvalue weighted by molar-refractivity contribution is 6.03. The van der Waals surface area contributed by atoms with E-state index in [-0.39, 0.29) is 11.7 Å². The number of hydrogen-bond acceptors (Lipinski definition) is 2. The Morgan fingerprint density at radius 2 is 2.11 bits per heavy atom. The Morgan fingerprint density at radius 1 is 1.39 bits per heavy atom. The molecule has 0 bridgehead atoms. The lowest BCUT2D eigenvalue weighted by atomic mass is 9.99.